The van der Waals surface area contributed by atoms with Gasteiger partial charge in [0.1, 0.15) is 6.10 Å². The predicted molar refractivity (Wildman–Crippen MR) is 98.6 cm³/mol. The van der Waals surface area contributed by atoms with Crippen LogP contribution < -0.4 is 0 Å². The van der Waals surface area contributed by atoms with Crippen molar-refractivity contribution in [1.82, 2.24) is 0 Å². The highest BCUT2D eigenvalue weighted by atomic mass is 32.2. The molecule has 5 nitrogen and oxygen atoms in total. The Morgan fingerprint density at radius 2 is 1.52 bits per heavy atom. The molecule has 0 aromatic heterocycles. The lowest BCUT2D eigenvalue weighted by atomic mass is 9.72. The van der Waals surface area contributed by atoms with E-state index in [1.807, 2.05) is 0 Å². The minimum Gasteiger partial charge on any atom is -0.351 e. The van der Waals surface area contributed by atoms with Crippen molar-refractivity contribution in [1.29, 1.82) is 0 Å². The third-order valence-electron chi connectivity index (χ3n) is 4.87. The van der Waals surface area contributed by atoms with Crippen molar-refractivity contribution < 1.29 is 13.9 Å². The molecule has 2 heterocycles. The summed E-state index contributed by atoms with van der Waals surface area (Å²) in [6, 6.07) is 6.41. The summed E-state index contributed by atoms with van der Waals surface area (Å²) >= 11 is 0. The molecule has 0 N–H and O–H groups in total. The highest BCUT2D eigenvalue weighted by molar-refractivity contribution is 7.87. The Kier molecular flexibility index (Phi) is 4.20. The SMILES string of the molecule is CC(C)(C)C1=C(C(C)(C)C)[C@H]2[C@@H](c3ccc([N+](=O)[O-])cc3)O[C@@H]1S2=O. The van der Waals surface area contributed by atoms with Crippen LogP contribution in [0.5, 0.6) is 0 Å². The van der Waals surface area contributed by atoms with E-state index in [0.29, 0.717) is 0 Å². The first-order valence-electron chi connectivity index (χ1n) is 8.47. The zero-order valence-corrected chi connectivity index (χ0v) is 16.3. The summed E-state index contributed by atoms with van der Waals surface area (Å²) in [5.74, 6) is 0. The lowest BCUT2D eigenvalue weighted by molar-refractivity contribution is -0.384. The van der Waals surface area contributed by atoms with E-state index in [2.05, 4.69) is 41.5 Å². The van der Waals surface area contributed by atoms with Crippen LogP contribution in [0, 0.1) is 20.9 Å². The molecule has 0 amide bonds. The number of hydrogen-bond donors (Lipinski definition) is 0. The second-order valence-corrected chi connectivity index (χ2v) is 10.4. The van der Waals surface area contributed by atoms with Crippen LogP contribution in [0.3, 0.4) is 0 Å². The molecule has 1 aromatic carbocycles. The van der Waals surface area contributed by atoms with E-state index in [1.165, 1.54) is 17.7 Å². The van der Waals surface area contributed by atoms with Gasteiger partial charge in [-0.2, -0.15) is 0 Å². The van der Waals surface area contributed by atoms with Crippen molar-refractivity contribution in [3.05, 3.63) is 51.1 Å². The number of rotatable bonds is 2. The monoisotopic (exact) mass is 363 g/mol. The van der Waals surface area contributed by atoms with Crippen LogP contribution in [0.4, 0.5) is 5.69 Å². The number of non-ortho nitro benzene ring substituents is 1. The molecule has 1 fully saturated rings. The van der Waals surface area contributed by atoms with Gasteiger partial charge in [-0.25, -0.2) is 0 Å². The van der Waals surface area contributed by atoms with Crippen LogP contribution in [-0.4, -0.2) is 19.8 Å². The Labute approximate surface area is 151 Å². The van der Waals surface area contributed by atoms with Gasteiger partial charge in [-0.05, 0) is 39.7 Å². The lowest BCUT2D eigenvalue weighted by Crippen LogP contribution is -2.32. The summed E-state index contributed by atoms with van der Waals surface area (Å²) in [6.07, 6.45) is -0.313. The number of fused-ring (bicyclic) bond motifs is 2. The van der Waals surface area contributed by atoms with Gasteiger partial charge in [-0.3, -0.25) is 14.3 Å². The normalized spacial score (nSPS) is 29.4. The number of ether oxygens (including phenoxy) is 1. The second-order valence-electron chi connectivity index (χ2n) is 8.81. The maximum atomic E-state index is 13.1. The van der Waals surface area contributed by atoms with Crippen molar-refractivity contribution in [3.8, 4) is 0 Å². The molecule has 1 saturated heterocycles. The van der Waals surface area contributed by atoms with Gasteiger partial charge in [0.25, 0.3) is 5.69 Å². The minimum atomic E-state index is -1.13. The summed E-state index contributed by atoms with van der Waals surface area (Å²) in [5.41, 5.74) is 2.66. The van der Waals surface area contributed by atoms with E-state index in [-0.39, 0.29) is 33.3 Å². The standard InChI is InChI=1S/C19H25NO4S/c1-18(2,3)13-14(19(4,5)6)17-24-15(16(13)25(17)23)11-7-9-12(10-8-11)20(21)22/h7-10,15-17H,1-6H3/t15-,16+,17-,25?/m1/s1. The fraction of sp³-hybridized carbons (Fsp3) is 0.579. The molecule has 1 aromatic rings. The van der Waals surface area contributed by atoms with Gasteiger partial charge in [0, 0.05) is 12.1 Å². The summed E-state index contributed by atoms with van der Waals surface area (Å²) in [6.45, 7) is 12.9. The molecule has 3 rings (SSSR count). The number of nitrogens with zero attached hydrogens (tertiary/aromatic N) is 1. The quantitative estimate of drug-likeness (QED) is 0.440. The zero-order valence-electron chi connectivity index (χ0n) is 15.5. The van der Waals surface area contributed by atoms with Gasteiger partial charge < -0.3 is 4.74 Å². The smallest absolute Gasteiger partial charge is 0.269 e. The van der Waals surface area contributed by atoms with Crippen LogP contribution in [-0.2, 0) is 15.5 Å². The van der Waals surface area contributed by atoms with Gasteiger partial charge >= 0.3 is 0 Å². The Hall–Kier alpha value is -1.53. The lowest BCUT2D eigenvalue weighted by Gasteiger charge is -2.37. The summed E-state index contributed by atoms with van der Waals surface area (Å²) in [7, 11) is -1.13. The average molecular weight is 363 g/mol. The first kappa shape index (κ1) is 18.3. The molecule has 0 saturated carbocycles. The number of nitro groups is 1. The Morgan fingerprint density at radius 3 is 1.96 bits per heavy atom. The maximum Gasteiger partial charge on any atom is 0.269 e. The Balaban J connectivity index is 2.07. The second kappa shape index (κ2) is 5.74. The fourth-order valence-electron chi connectivity index (χ4n) is 3.87. The summed E-state index contributed by atoms with van der Waals surface area (Å²) in [5, 5.41) is 10.7. The van der Waals surface area contributed by atoms with Crippen LogP contribution in [0.15, 0.2) is 35.4 Å². The van der Waals surface area contributed by atoms with Crippen molar-refractivity contribution in [2.75, 3.05) is 0 Å². The molecular weight excluding hydrogens is 338 g/mol. The topological polar surface area (TPSA) is 69.4 Å². The van der Waals surface area contributed by atoms with Gasteiger partial charge in [-0.15, -0.1) is 0 Å². The molecule has 2 bridgehead atoms. The molecule has 0 radical (unpaired) electrons. The first-order valence-corrected chi connectivity index (χ1v) is 9.75. The van der Waals surface area contributed by atoms with Gasteiger partial charge in [0.2, 0.25) is 0 Å². The van der Waals surface area contributed by atoms with E-state index < -0.39 is 15.7 Å². The molecule has 4 atom stereocenters. The van der Waals surface area contributed by atoms with Crippen molar-refractivity contribution in [2.45, 2.75) is 58.3 Å². The maximum absolute atomic E-state index is 13.1. The van der Waals surface area contributed by atoms with Gasteiger partial charge in [-0.1, -0.05) is 41.5 Å². The number of hydrogen-bond acceptors (Lipinski definition) is 4. The zero-order chi connectivity index (χ0) is 18.7. The molecule has 1 unspecified atom stereocenters. The third kappa shape index (κ3) is 2.95. The molecule has 25 heavy (non-hydrogen) atoms. The predicted octanol–water partition coefficient (Wildman–Crippen LogP) is 4.51. The fourth-order valence-corrected chi connectivity index (χ4v) is 6.26. The van der Waals surface area contributed by atoms with Crippen LogP contribution in [0.2, 0.25) is 0 Å². The molecule has 2 aliphatic rings. The molecule has 136 valence electrons. The van der Waals surface area contributed by atoms with Gasteiger partial charge in [0.05, 0.1) is 21.0 Å². The largest absolute Gasteiger partial charge is 0.351 e. The molecule has 0 spiro atoms. The highest BCUT2D eigenvalue weighted by Crippen LogP contribution is 2.57. The van der Waals surface area contributed by atoms with Crippen LogP contribution >= 0.6 is 0 Å². The van der Waals surface area contributed by atoms with Crippen LogP contribution in [0.1, 0.15) is 53.2 Å². The highest BCUT2D eigenvalue weighted by Gasteiger charge is 2.57. The van der Waals surface area contributed by atoms with Crippen molar-refractivity contribution >= 4 is 16.5 Å². The Morgan fingerprint density at radius 1 is 1.00 bits per heavy atom. The van der Waals surface area contributed by atoms with E-state index in [4.69, 9.17) is 4.74 Å². The molecule has 2 aliphatic heterocycles. The van der Waals surface area contributed by atoms with E-state index in [9.17, 15) is 14.3 Å². The summed E-state index contributed by atoms with van der Waals surface area (Å²) < 4.78 is 19.3. The number of nitro benzene ring substituents is 1. The van der Waals surface area contributed by atoms with E-state index in [0.717, 1.165) is 11.1 Å². The summed E-state index contributed by atoms with van der Waals surface area (Å²) in [4.78, 5) is 10.5. The van der Waals surface area contributed by atoms with E-state index >= 15 is 0 Å². The molecular formula is C19H25NO4S. The molecule has 6 heteroatoms. The minimum absolute atomic E-state index is 0.0509. The van der Waals surface area contributed by atoms with Gasteiger partial charge in [0.15, 0.2) is 5.44 Å². The average Bonchev–Trinajstić information content (AvgIpc) is 2.96. The van der Waals surface area contributed by atoms with Crippen molar-refractivity contribution in [2.24, 2.45) is 10.8 Å². The molecule has 0 aliphatic carbocycles. The van der Waals surface area contributed by atoms with Crippen LogP contribution in [0.25, 0.3) is 0 Å². The van der Waals surface area contributed by atoms with Crippen molar-refractivity contribution in [3.63, 3.8) is 0 Å². The number of benzene rings is 1. The first-order chi connectivity index (χ1) is 11.4. The Bertz CT molecular complexity index is 768. The third-order valence-corrected chi connectivity index (χ3v) is 6.62. The van der Waals surface area contributed by atoms with E-state index in [1.54, 1.807) is 12.1 Å².